The lowest BCUT2D eigenvalue weighted by molar-refractivity contribution is -0.0747. The van der Waals surface area contributed by atoms with Crippen molar-refractivity contribution in [1.82, 2.24) is 4.90 Å². The van der Waals surface area contributed by atoms with Gasteiger partial charge in [-0.05, 0) is 50.4 Å². The summed E-state index contributed by atoms with van der Waals surface area (Å²) in [6.07, 6.45) is 4.51. The van der Waals surface area contributed by atoms with E-state index < -0.39 is 0 Å². The van der Waals surface area contributed by atoms with E-state index in [1.807, 2.05) is 0 Å². The van der Waals surface area contributed by atoms with E-state index in [1.165, 1.54) is 19.3 Å². The van der Waals surface area contributed by atoms with Crippen molar-refractivity contribution in [3.05, 3.63) is 0 Å². The molecule has 1 saturated carbocycles. The van der Waals surface area contributed by atoms with Gasteiger partial charge >= 0.3 is 0 Å². The summed E-state index contributed by atoms with van der Waals surface area (Å²) in [7, 11) is 0. The predicted molar refractivity (Wildman–Crippen MR) is 84.7 cm³/mol. The molecule has 5 unspecified atom stereocenters. The van der Waals surface area contributed by atoms with Gasteiger partial charge in [0.05, 0.1) is 12.2 Å². The van der Waals surface area contributed by atoms with Crippen molar-refractivity contribution >= 4 is 0 Å². The lowest BCUT2D eigenvalue weighted by atomic mass is 9.67. The molecular formula is C17H34N2O. The third-order valence-corrected chi connectivity index (χ3v) is 5.25. The van der Waals surface area contributed by atoms with Crippen LogP contribution in [0.25, 0.3) is 0 Å². The minimum absolute atomic E-state index is 0.358. The molecule has 2 rings (SSSR count). The molecule has 1 aliphatic carbocycles. The molecule has 3 heteroatoms. The molecule has 0 bridgehead atoms. The van der Waals surface area contributed by atoms with E-state index in [4.69, 9.17) is 10.5 Å². The Labute approximate surface area is 125 Å². The largest absolute Gasteiger partial charge is 0.373 e. The number of nitrogens with zero attached hydrogens (tertiary/aromatic N) is 1. The zero-order valence-corrected chi connectivity index (χ0v) is 14.1. The third kappa shape index (κ3) is 4.19. The molecule has 0 aromatic rings. The zero-order valence-electron chi connectivity index (χ0n) is 14.1. The topological polar surface area (TPSA) is 38.5 Å². The molecule has 5 atom stereocenters. The number of nitrogens with two attached hydrogens (primary N) is 1. The smallest absolute Gasteiger partial charge is 0.0678 e. The standard InChI is InChI=1S/C17H34N2O/c1-12-9-19(10-13(2)20-12)11-14-8-15(17(3,4)5)6-7-16(14)18/h12-16H,6-11,18H2,1-5H3. The van der Waals surface area contributed by atoms with Gasteiger partial charge in [-0.15, -0.1) is 0 Å². The molecule has 0 amide bonds. The summed E-state index contributed by atoms with van der Waals surface area (Å²) in [5.41, 5.74) is 6.83. The van der Waals surface area contributed by atoms with Crippen LogP contribution < -0.4 is 5.73 Å². The van der Waals surface area contributed by atoms with E-state index in [-0.39, 0.29) is 0 Å². The average molecular weight is 282 g/mol. The van der Waals surface area contributed by atoms with E-state index in [2.05, 4.69) is 39.5 Å². The van der Waals surface area contributed by atoms with Gasteiger partial charge in [0.1, 0.15) is 0 Å². The molecule has 1 aliphatic heterocycles. The van der Waals surface area contributed by atoms with Crippen LogP contribution in [0.3, 0.4) is 0 Å². The van der Waals surface area contributed by atoms with E-state index in [9.17, 15) is 0 Å². The highest BCUT2D eigenvalue weighted by molar-refractivity contribution is 4.89. The van der Waals surface area contributed by atoms with Gasteiger partial charge in [0.2, 0.25) is 0 Å². The number of morpholine rings is 1. The molecule has 0 radical (unpaired) electrons. The van der Waals surface area contributed by atoms with Crippen LogP contribution >= 0.6 is 0 Å². The van der Waals surface area contributed by atoms with Crippen molar-refractivity contribution in [3.63, 3.8) is 0 Å². The van der Waals surface area contributed by atoms with Crippen molar-refractivity contribution < 1.29 is 4.74 Å². The summed E-state index contributed by atoms with van der Waals surface area (Å²) in [6, 6.07) is 0.391. The lowest BCUT2D eigenvalue weighted by Crippen LogP contribution is -2.51. The fourth-order valence-electron chi connectivity index (χ4n) is 4.05. The van der Waals surface area contributed by atoms with Gasteiger partial charge in [-0.1, -0.05) is 20.8 Å². The Kier molecular flexibility index (Phi) is 5.14. The molecule has 3 nitrogen and oxygen atoms in total. The Morgan fingerprint density at radius 2 is 1.70 bits per heavy atom. The van der Waals surface area contributed by atoms with E-state index in [0.29, 0.717) is 29.6 Å². The van der Waals surface area contributed by atoms with E-state index in [0.717, 1.165) is 25.6 Å². The molecule has 0 aromatic heterocycles. The van der Waals surface area contributed by atoms with Crippen LogP contribution in [0.15, 0.2) is 0 Å². The van der Waals surface area contributed by atoms with Crippen molar-refractivity contribution in [3.8, 4) is 0 Å². The molecule has 2 N–H and O–H groups in total. The van der Waals surface area contributed by atoms with Gasteiger partial charge in [-0.3, -0.25) is 4.90 Å². The first-order valence-electron chi connectivity index (χ1n) is 8.39. The fourth-order valence-corrected chi connectivity index (χ4v) is 4.05. The van der Waals surface area contributed by atoms with E-state index in [1.54, 1.807) is 0 Å². The highest BCUT2D eigenvalue weighted by Crippen LogP contribution is 2.40. The minimum atomic E-state index is 0.358. The second-order valence-corrected chi connectivity index (χ2v) is 8.28. The van der Waals surface area contributed by atoms with Gasteiger partial charge in [0, 0.05) is 25.7 Å². The zero-order chi connectivity index (χ0) is 14.9. The van der Waals surface area contributed by atoms with Crippen LogP contribution in [-0.2, 0) is 4.74 Å². The predicted octanol–water partition coefficient (Wildman–Crippen LogP) is 2.89. The Bertz CT molecular complexity index is 303. The summed E-state index contributed by atoms with van der Waals surface area (Å²) in [6.45, 7) is 14.8. The number of ether oxygens (including phenoxy) is 1. The van der Waals surface area contributed by atoms with Crippen LogP contribution in [0.1, 0.15) is 53.9 Å². The summed E-state index contributed by atoms with van der Waals surface area (Å²) in [5.74, 6) is 1.48. The minimum Gasteiger partial charge on any atom is -0.373 e. The summed E-state index contributed by atoms with van der Waals surface area (Å²) in [5, 5.41) is 0. The molecular weight excluding hydrogens is 248 g/mol. The molecule has 20 heavy (non-hydrogen) atoms. The molecule has 1 heterocycles. The first-order valence-corrected chi connectivity index (χ1v) is 8.39. The summed E-state index contributed by atoms with van der Waals surface area (Å²) < 4.78 is 5.83. The SMILES string of the molecule is CC1CN(CC2CC(C(C)(C)C)CCC2N)CC(C)O1. The first kappa shape index (κ1) is 16.3. The summed E-state index contributed by atoms with van der Waals surface area (Å²) in [4.78, 5) is 2.58. The first-order chi connectivity index (χ1) is 9.25. The maximum atomic E-state index is 6.41. The van der Waals surface area contributed by atoms with Crippen LogP contribution in [0.2, 0.25) is 0 Å². The van der Waals surface area contributed by atoms with Gasteiger partial charge in [0.25, 0.3) is 0 Å². The highest BCUT2D eigenvalue weighted by atomic mass is 16.5. The maximum Gasteiger partial charge on any atom is 0.0678 e. The molecule has 118 valence electrons. The Morgan fingerprint density at radius 3 is 2.25 bits per heavy atom. The normalized spacial score (nSPS) is 40.8. The maximum absolute atomic E-state index is 6.41. The van der Waals surface area contributed by atoms with Gasteiger partial charge in [-0.2, -0.15) is 0 Å². The van der Waals surface area contributed by atoms with Gasteiger partial charge in [0.15, 0.2) is 0 Å². The quantitative estimate of drug-likeness (QED) is 0.846. The lowest BCUT2D eigenvalue weighted by Gasteiger charge is -2.44. The second kappa shape index (κ2) is 6.33. The third-order valence-electron chi connectivity index (χ3n) is 5.25. The Balaban J connectivity index is 1.93. The van der Waals surface area contributed by atoms with Crippen molar-refractivity contribution in [2.75, 3.05) is 19.6 Å². The fraction of sp³-hybridized carbons (Fsp3) is 1.00. The van der Waals surface area contributed by atoms with Crippen molar-refractivity contribution in [2.45, 2.75) is 72.1 Å². The van der Waals surface area contributed by atoms with Crippen molar-refractivity contribution in [2.24, 2.45) is 23.0 Å². The van der Waals surface area contributed by atoms with Gasteiger partial charge < -0.3 is 10.5 Å². The van der Waals surface area contributed by atoms with Crippen molar-refractivity contribution in [1.29, 1.82) is 0 Å². The van der Waals surface area contributed by atoms with Crippen LogP contribution in [0, 0.1) is 17.3 Å². The monoisotopic (exact) mass is 282 g/mol. The highest BCUT2D eigenvalue weighted by Gasteiger charge is 2.36. The van der Waals surface area contributed by atoms with E-state index >= 15 is 0 Å². The molecule has 0 spiro atoms. The molecule has 2 fully saturated rings. The average Bonchev–Trinajstić information content (AvgIpc) is 2.29. The van der Waals surface area contributed by atoms with Crippen LogP contribution in [0.4, 0.5) is 0 Å². The summed E-state index contributed by atoms with van der Waals surface area (Å²) >= 11 is 0. The number of hydrogen-bond acceptors (Lipinski definition) is 3. The molecule has 1 saturated heterocycles. The van der Waals surface area contributed by atoms with Crippen LogP contribution in [0.5, 0.6) is 0 Å². The Morgan fingerprint density at radius 1 is 1.10 bits per heavy atom. The van der Waals surface area contributed by atoms with Crippen LogP contribution in [-0.4, -0.2) is 42.8 Å². The Hall–Kier alpha value is -0.120. The molecule has 2 aliphatic rings. The number of hydrogen-bond donors (Lipinski definition) is 1. The second-order valence-electron chi connectivity index (χ2n) is 8.28. The number of rotatable bonds is 2. The van der Waals surface area contributed by atoms with Gasteiger partial charge in [-0.25, -0.2) is 0 Å². The molecule has 0 aromatic carbocycles.